The first-order chi connectivity index (χ1) is 3.93. The van der Waals surface area contributed by atoms with Crippen LogP contribution in [0.1, 0.15) is 0 Å². The van der Waals surface area contributed by atoms with E-state index in [1.54, 1.807) is 0 Å². The molecule has 0 saturated carbocycles. The number of alkyl halides is 1. The molecule has 3 nitrogen and oxygen atoms in total. The van der Waals surface area contributed by atoms with Crippen LogP contribution in [-0.2, 0) is 0 Å². The molecule has 0 aromatic rings. The Morgan fingerprint density at radius 1 is 1.62 bits per heavy atom. The van der Waals surface area contributed by atoms with Crippen molar-refractivity contribution < 1.29 is 0 Å². The molecule has 0 spiro atoms. The van der Waals surface area contributed by atoms with Gasteiger partial charge in [0.15, 0.2) is 0 Å². The minimum atomic E-state index is 1.05. The average Bonchev–Trinajstić information content (AvgIpc) is 2.19. The van der Waals surface area contributed by atoms with Crippen LogP contribution in [0.2, 0.25) is 0 Å². The second-order valence-corrected chi connectivity index (χ2v) is 2.53. The Bertz CT molecular complexity index is 93.3. The number of hydrogen-bond donors (Lipinski definition) is 2. The first kappa shape index (κ1) is 6.15. The van der Waals surface area contributed by atoms with Gasteiger partial charge >= 0.3 is 0 Å². The van der Waals surface area contributed by atoms with E-state index in [-0.39, 0.29) is 0 Å². The van der Waals surface area contributed by atoms with Gasteiger partial charge in [-0.1, -0.05) is 22.6 Å². The third-order valence-electron chi connectivity index (χ3n) is 0.871. The summed E-state index contributed by atoms with van der Waals surface area (Å²) in [5, 5.41) is 1.99. The number of hydrazine groups is 2. The molecule has 1 rings (SSSR count). The first-order valence-corrected chi connectivity index (χ1v) is 3.96. The molecule has 0 unspecified atom stereocenters. The minimum Gasteiger partial charge on any atom is -0.310 e. The van der Waals surface area contributed by atoms with Crippen molar-refractivity contribution >= 4 is 22.6 Å². The Hall–Kier alpha value is 0.0300. The second-order valence-electron chi connectivity index (χ2n) is 1.45. The van der Waals surface area contributed by atoms with Crippen LogP contribution < -0.4 is 11.0 Å². The molecule has 1 aliphatic rings. The number of nitrogens with one attached hydrogen (secondary N) is 2. The van der Waals surface area contributed by atoms with E-state index in [1.807, 2.05) is 17.4 Å². The van der Waals surface area contributed by atoms with E-state index >= 15 is 0 Å². The molecule has 0 aromatic carbocycles. The Labute approximate surface area is 62.2 Å². The number of rotatable bonds is 2. The van der Waals surface area contributed by atoms with Crippen LogP contribution in [0, 0.1) is 0 Å². The predicted octanol–water partition coefficient (Wildman–Crippen LogP) is 0.217. The van der Waals surface area contributed by atoms with Crippen LogP contribution in [0.5, 0.6) is 0 Å². The van der Waals surface area contributed by atoms with E-state index in [0.717, 1.165) is 11.0 Å². The standard InChI is InChI=1S/C4H8IN3/c5-1-3-8-4-2-6-7-8/h2,4,6-7H,1,3H2. The van der Waals surface area contributed by atoms with Crippen LogP contribution in [0.4, 0.5) is 0 Å². The molecule has 0 radical (unpaired) electrons. The molecule has 0 fully saturated rings. The lowest BCUT2D eigenvalue weighted by molar-refractivity contribution is 0.289. The van der Waals surface area contributed by atoms with E-state index < -0.39 is 0 Å². The van der Waals surface area contributed by atoms with Gasteiger partial charge in [0.2, 0.25) is 0 Å². The van der Waals surface area contributed by atoms with Crippen molar-refractivity contribution in [3.63, 3.8) is 0 Å². The van der Waals surface area contributed by atoms with Gasteiger partial charge in [-0.3, -0.25) is 5.01 Å². The normalized spacial score (nSPS) is 16.9. The fraction of sp³-hybridized carbons (Fsp3) is 0.500. The highest BCUT2D eigenvalue weighted by Crippen LogP contribution is 1.90. The van der Waals surface area contributed by atoms with Gasteiger partial charge < -0.3 is 5.43 Å². The fourth-order valence-corrected chi connectivity index (χ4v) is 1.03. The molecule has 0 atom stereocenters. The van der Waals surface area contributed by atoms with Gasteiger partial charge in [0, 0.05) is 23.4 Å². The zero-order valence-electron chi connectivity index (χ0n) is 4.39. The van der Waals surface area contributed by atoms with Gasteiger partial charge in [0.1, 0.15) is 0 Å². The monoisotopic (exact) mass is 225 g/mol. The van der Waals surface area contributed by atoms with Crippen molar-refractivity contribution in [3.8, 4) is 0 Å². The molecule has 0 saturated heterocycles. The van der Waals surface area contributed by atoms with E-state index in [0.29, 0.717) is 0 Å². The summed E-state index contributed by atoms with van der Waals surface area (Å²) >= 11 is 2.33. The van der Waals surface area contributed by atoms with E-state index in [2.05, 4.69) is 33.6 Å². The summed E-state index contributed by atoms with van der Waals surface area (Å²) in [4.78, 5) is 0. The largest absolute Gasteiger partial charge is 0.310 e. The van der Waals surface area contributed by atoms with Crippen molar-refractivity contribution in [1.82, 2.24) is 16.0 Å². The third kappa shape index (κ3) is 1.52. The smallest absolute Gasteiger partial charge is 0.0445 e. The van der Waals surface area contributed by atoms with Crippen LogP contribution in [0.25, 0.3) is 0 Å². The SMILES string of the molecule is ICCN1C=CNN1. The molecule has 1 aliphatic heterocycles. The molecule has 46 valence electrons. The minimum absolute atomic E-state index is 1.05. The summed E-state index contributed by atoms with van der Waals surface area (Å²) < 4.78 is 1.14. The van der Waals surface area contributed by atoms with Crippen LogP contribution in [0.15, 0.2) is 12.4 Å². The lowest BCUT2D eigenvalue weighted by atomic mass is 10.7. The second kappa shape index (κ2) is 3.13. The number of nitrogens with zero attached hydrogens (tertiary/aromatic N) is 1. The van der Waals surface area contributed by atoms with Crippen LogP contribution in [-0.4, -0.2) is 16.0 Å². The quantitative estimate of drug-likeness (QED) is 0.520. The lowest BCUT2D eigenvalue weighted by Gasteiger charge is -2.12. The van der Waals surface area contributed by atoms with E-state index in [4.69, 9.17) is 0 Å². The maximum absolute atomic E-state index is 2.92. The summed E-state index contributed by atoms with van der Waals surface area (Å²) in [6.07, 6.45) is 3.84. The first-order valence-electron chi connectivity index (χ1n) is 2.44. The van der Waals surface area contributed by atoms with Gasteiger partial charge in [-0.2, -0.15) is 0 Å². The molecule has 0 aromatic heterocycles. The van der Waals surface area contributed by atoms with Gasteiger partial charge in [-0.05, 0) is 0 Å². The highest BCUT2D eigenvalue weighted by molar-refractivity contribution is 14.1. The summed E-state index contributed by atoms with van der Waals surface area (Å²) in [7, 11) is 0. The van der Waals surface area contributed by atoms with Crippen molar-refractivity contribution in [3.05, 3.63) is 12.4 Å². The molecule has 0 aliphatic carbocycles. The Balaban J connectivity index is 2.16. The summed E-state index contributed by atoms with van der Waals surface area (Å²) in [5.41, 5.74) is 5.77. The van der Waals surface area contributed by atoms with Crippen molar-refractivity contribution in [2.24, 2.45) is 0 Å². The summed E-state index contributed by atoms with van der Waals surface area (Å²) in [5.74, 6) is 0. The van der Waals surface area contributed by atoms with E-state index in [1.165, 1.54) is 0 Å². The van der Waals surface area contributed by atoms with Gasteiger partial charge in [0.05, 0.1) is 0 Å². The Morgan fingerprint density at radius 2 is 2.50 bits per heavy atom. The molecular weight excluding hydrogens is 217 g/mol. The van der Waals surface area contributed by atoms with E-state index in [9.17, 15) is 0 Å². The predicted molar refractivity (Wildman–Crippen MR) is 41.0 cm³/mol. The van der Waals surface area contributed by atoms with Crippen LogP contribution in [0.3, 0.4) is 0 Å². The highest BCUT2D eigenvalue weighted by Gasteiger charge is 1.97. The van der Waals surface area contributed by atoms with Crippen molar-refractivity contribution in [2.45, 2.75) is 0 Å². The molecule has 4 heteroatoms. The van der Waals surface area contributed by atoms with Crippen molar-refractivity contribution in [2.75, 3.05) is 11.0 Å². The fourth-order valence-electron chi connectivity index (χ4n) is 0.506. The topological polar surface area (TPSA) is 27.3 Å². The average molecular weight is 225 g/mol. The summed E-state index contributed by atoms with van der Waals surface area (Å²) in [6, 6.07) is 0. The molecular formula is C4H8IN3. The lowest BCUT2D eigenvalue weighted by Crippen LogP contribution is -2.36. The maximum atomic E-state index is 2.92. The zero-order valence-corrected chi connectivity index (χ0v) is 6.55. The molecule has 8 heavy (non-hydrogen) atoms. The van der Waals surface area contributed by atoms with Gasteiger partial charge in [-0.15, -0.1) is 5.53 Å². The molecule has 0 bridgehead atoms. The highest BCUT2D eigenvalue weighted by atomic mass is 127. The zero-order chi connectivity index (χ0) is 5.82. The Kier molecular flexibility index (Phi) is 2.41. The summed E-state index contributed by atoms with van der Waals surface area (Å²) in [6.45, 7) is 1.05. The number of halogens is 1. The van der Waals surface area contributed by atoms with Crippen molar-refractivity contribution in [1.29, 1.82) is 0 Å². The third-order valence-corrected chi connectivity index (χ3v) is 1.35. The molecule has 1 heterocycles. The van der Waals surface area contributed by atoms with Crippen LogP contribution >= 0.6 is 22.6 Å². The Morgan fingerprint density at radius 3 is 3.00 bits per heavy atom. The number of hydrogen-bond acceptors (Lipinski definition) is 3. The molecule has 0 amide bonds. The molecule has 2 N–H and O–H groups in total. The van der Waals surface area contributed by atoms with Gasteiger partial charge in [-0.25, -0.2) is 0 Å². The maximum Gasteiger partial charge on any atom is 0.0445 e. The van der Waals surface area contributed by atoms with Gasteiger partial charge in [0.25, 0.3) is 0 Å².